The molecule has 0 saturated heterocycles. The number of ether oxygens (including phenoxy) is 1. The van der Waals surface area contributed by atoms with Gasteiger partial charge in [-0.2, -0.15) is 0 Å². The third-order valence-corrected chi connectivity index (χ3v) is 4.83. The number of amides is 1. The number of halogens is 1. The highest BCUT2D eigenvalue weighted by Crippen LogP contribution is 2.40. The minimum absolute atomic E-state index is 0.0919. The molecule has 1 aliphatic rings. The molecule has 1 amide bonds. The van der Waals surface area contributed by atoms with E-state index in [1.165, 1.54) is 0 Å². The molecular weight excluding hydrogens is 417 g/mol. The van der Waals surface area contributed by atoms with E-state index in [9.17, 15) is 9.59 Å². The van der Waals surface area contributed by atoms with E-state index in [4.69, 9.17) is 4.74 Å². The Morgan fingerprint density at radius 1 is 1.33 bits per heavy atom. The normalized spacial score (nSPS) is 16.0. The van der Waals surface area contributed by atoms with Crippen molar-refractivity contribution in [1.82, 2.24) is 0 Å². The van der Waals surface area contributed by atoms with Gasteiger partial charge in [-0.3, -0.25) is 9.59 Å². The fourth-order valence-electron chi connectivity index (χ4n) is 3.14. The number of nitrogens with one attached hydrogen (secondary N) is 1. The van der Waals surface area contributed by atoms with Gasteiger partial charge in [-0.25, -0.2) is 0 Å². The second-order valence-corrected chi connectivity index (χ2v) is 7.29. The number of ketones is 1. The molecule has 5 heteroatoms. The maximum Gasteiger partial charge on any atom is 0.262 e. The summed E-state index contributed by atoms with van der Waals surface area (Å²) in [6.07, 6.45) is 0.505. The van der Waals surface area contributed by atoms with Gasteiger partial charge in [-0.05, 0) is 70.8 Å². The zero-order chi connectivity index (χ0) is 17.3. The molecule has 0 fully saturated rings. The fraction of sp³-hybridized carbons (Fsp3) is 0.263. The Balaban J connectivity index is 1.72. The quantitative estimate of drug-likeness (QED) is 0.729. The summed E-state index contributed by atoms with van der Waals surface area (Å²) >= 11 is 2.19. The van der Waals surface area contributed by atoms with Gasteiger partial charge in [0, 0.05) is 15.7 Å². The van der Waals surface area contributed by atoms with Crippen LogP contribution in [0.1, 0.15) is 40.7 Å². The van der Waals surface area contributed by atoms with Crippen LogP contribution in [0.2, 0.25) is 0 Å². The van der Waals surface area contributed by atoms with Gasteiger partial charge in [0.1, 0.15) is 5.75 Å². The summed E-state index contributed by atoms with van der Waals surface area (Å²) in [5.74, 6) is 0.554. The van der Waals surface area contributed by atoms with Crippen LogP contribution in [0.15, 0.2) is 36.4 Å². The van der Waals surface area contributed by atoms with Gasteiger partial charge in [0.05, 0.1) is 5.56 Å². The largest absolute Gasteiger partial charge is 0.483 e. The van der Waals surface area contributed by atoms with Crippen molar-refractivity contribution in [3.05, 3.63) is 56.7 Å². The maximum atomic E-state index is 12.2. The van der Waals surface area contributed by atoms with E-state index >= 15 is 0 Å². The molecule has 24 heavy (non-hydrogen) atoms. The Hall–Kier alpha value is -1.89. The number of hydrogen-bond acceptors (Lipinski definition) is 3. The van der Waals surface area contributed by atoms with Crippen molar-refractivity contribution in [2.75, 3.05) is 11.9 Å². The topological polar surface area (TPSA) is 55.4 Å². The summed E-state index contributed by atoms with van der Waals surface area (Å²) in [6.45, 7) is 3.92. The van der Waals surface area contributed by atoms with E-state index in [0.717, 1.165) is 20.4 Å². The molecule has 0 bridgehead atoms. The number of carbonyl (C=O) groups excluding carboxylic acids is 2. The second kappa shape index (κ2) is 6.93. The fourth-order valence-corrected chi connectivity index (χ4v) is 3.68. The maximum absolute atomic E-state index is 12.2. The van der Waals surface area contributed by atoms with Crippen LogP contribution < -0.4 is 10.1 Å². The summed E-state index contributed by atoms with van der Waals surface area (Å²) in [7, 11) is 0. The predicted octanol–water partition coefficient (Wildman–Crippen LogP) is 4.31. The summed E-state index contributed by atoms with van der Waals surface area (Å²) in [4.78, 5) is 24.3. The van der Waals surface area contributed by atoms with Gasteiger partial charge in [-0.1, -0.05) is 19.1 Å². The zero-order valence-corrected chi connectivity index (χ0v) is 15.7. The number of anilines is 1. The molecule has 1 atom stereocenters. The Kier molecular flexibility index (Phi) is 4.89. The Morgan fingerprint density at radius 2 is 2.12 bits per heavy atom. The van der Waals surface area contributed by atoms with Gasteiger partial charge in [0.2, 0.25) is 0 Å². The molecule has 1 N–H and O–H groups in total. The van der Waals surface area contributed by atoms with E-state index in [-0.39, 0.29) is 24.2 Å². The van der Waals surface area contributed by atoms with E-state index in [0.29, 0.717) is 17.7 Å². The number of Topliss-reactive ketones (excluding diaryl/α,β-unsaturated/α-hetero) is 1. The number of benzene rings is 2. The molecule has 1 aliphatic carbocycles. The molecule has 124 valence electrons. The van der Waals surface area contributed by atoms with Crippen LogP contribution >= 0.6 is 22.6 Å². The molecule has 4 nitrogen and oxygen atoms in total. The minimum atomic E-state index is -0.246. The van der Waals surface area contributed by atoms with Crippen molar-refractivity contribution >= 4 is 40.0 Å². The first-order valence-corrected chi connectivity index (χ1v) is 8.88. The average molecular weight is 435 g/mol. The van der Waals surface area contributed by atoms with E-state index in [2.05, 4.69) is 27.9 Å². The van der Waals surface area contributed by atoms with Crippen LogP contribution in [0.3, 0.4) is 0 Å². The molecule has 0 radical (unpaired) electrons. The first-order chi connectivity index (χ1) is 11.5. The Morgan fingerprint density at radius 3 is 2.88 bits per heavy atom. The van der Waals surface area contributed by atoms with Crippen molar-refractivity contribution in [1.29, 1.82) is 0 Å². The smallest absolute Gasteiger partial charge is 0.262 e. The molecule has 0 unspecified atom stereocenters. The second-order valence-electron chi connectivity index (χ2n) is 6.04. The Bertz CT molecular complexity index is 816. The lowest BCUT2D eigenvalue weighted by Gasteiger charge is -2.13. The Labute approximate surface area is 154 Å². The first kappa shape index (κ1) is 17.0. The van der Waals surface area contributed by atoms with Crippen LogP contribution in [-0.2, 0) is 4.79 Å². The number of hydrogen-bond donors (Lipinski definition) is 1. The van der Waals surface area contributed by atoms with Crippen molar-refractivity contribution < 1.29 is 14.3 Å². The summed E-state index contributed by atoms with van der Waals surface area (Å²) in [6, 6.07) is 11.3. The highest BCUT2D eigenvalue weighted by Gasteiger charge is 2.31. The number of aryl methyl sites for hydroxylation is 1. The zero-order valence-electron chi connectivity index (χ0n) is 13.6. The van der Waals surface area contributed by atoms with Gasteiger partial charge >= 0.3 is 0 Å². The van der Waals surface area contributed by atoms with Crippen LogP contribution in [0.4, 0.5) is 5.69 Å². The number of carbonyl (C=O) groups is 2. The summed E-state index contributed by atoms with van der Waals surface area (Å²) in [5.41, 5.74) is 3.52. The van der Waals surface area contributed by atoms with E-state index < -0.39 is 0 Å². The predicted molar refractivity (Wildman–Crippen MR) is 102 cm³/mol. The van der Waals surface area contributed by atoms with E-state index in [1.54, 1.807) is 6.07 Å². The number of fused-ring (bicyclic) bond motifs is 1. The standard InChI is InChI=1S/C19H18INO3/c1-11-6-7-16(19-15(22)8-12(2)18(11)19)24-10-17(23)21-14-5-3-4-13(20)9-14/h3-7,9,12H,8,10H2,1-2H3,(H,21,23)/t12-/m1/s1. The molecule has 0 aromatic heterocycles. The van der Waals surface area contributed by atoms with Crippen molar-refractivity contribution in [3.63, 3.8) is 0 Å². The molecule has 2 aromatic carbocycles. The third-order valence-electron chi connectivity index (χ3n) is 4.16. The molecule has 0 spiro atoms. The lowest BCUT2D eigenvalue weighted by Crippen LogP contribution is -2.20. The highest BCUT2D eigenvalue weighted by molar-refractivity contribution is 14.1. The van der Waals surface area contributed by atoms with Crippen LogP contribution in [0.5, 0.6) is 5.75 Å². The molecule has 0 heterocycles. The minimum Gasteiger partial charge on any atom is -0.483 e. The summed E-state index contributed by atoms with van der Waals surface area (Å²) in [5, 5.41) is 2.80. The van der Waals surface area contributed by atoms with Crippen LogP contribution in [0, 0.1) is 10.5 Å². The van der Waals surface area contributed by atoms with E-state index in [1.807, 2.05) is 44.2 Å². The highest BCUT2D eigenvalue weighted by atomic mass is 127. The number of rotatable bonds is 4. The SMILES string of the molecule is Cc1ccc(OCC(=O)Nc2cccc(I)c2)c2c1[C@H](C)CC2=O. The van der Waals surface area contributed by atoms with Crippen molar-refractivity contribution in [2.24, 2.45) is 0 Å². The van der Waals surface area contributed by atoms with Gasteiger partial charge < -0.3 is 10.1 Å². The summed E-state index contributed by atoms with van der Waals surface area (Å²) < 4.78 is 6.70. The van der Waals surface area contributed by atoms with Crippen LogP contribution in [0.25, 0.3) is 0 Å². The third kappa shape index (κ3) is 3.45. The van der Waals surface area contributed by atoms with Crippen molar-refractivity contribution in [2.45, 2.75) is 26.2 Å². The van der Waals surface area contributed by atoms with Gasteiger partial charge in [0.15, 0.2) is 12.4 Å². The molecule has 0 aliphatic heterocycles. The molecular formula is C19H18INO3. The molecule has 2 aromatic rings. The first-order valence-electron chi connectivity index (χ1n) is 7.80. The van der Waals surface area contributed by atoms with Crippen LogP contribution in [-0.4, -0.2) is 18.3 Å². The monoisotopic (exact) mass is 435 g/mol. The van der Waals surface area contributed by atoms with Crippen molar-refractivity contribution in [3.8, 4) is 5.75 Å². The van der Waals surface area contributed by atoms with Gasteiger partial charge in [0.25, 0.3) is 5.91 Å². The average Bonchev–Trinajstić information content (AvgIpc) is 2.83. The van der Waals surface area contributed by atoms with Gasteiger partial charge in [-0.15, -0.1) is 0 Å². The lowest BCUT2D eigenvalue weighted by molar-refractivity contribution is -0.118. The molecule has 3 rings (SSSR count). The lowest BCUT2D eigenvalue weighted by atomic mass is 9.97. The molecule has 0 saturated carbocycles.